The highest BCUT2D eigenvalue weighted by atomic mass is 79.9. The highest BCUT2D eigenvalue weighted by Crippen LogP contribution is 2.21. The van der Waals surface area contributed by atoms with Crippen LogP contribution in [-0.4, -0.2) is 34.8 Å². The molecule has 3 rings (SSSR count). The molecule has 2 amide bonds. The number of nitrogens with one attached hydrogen (secondary N) is 2. The largest absolute Gasteiger partial charge is 0.338 e. The molecule has 2 aromatic rings. The quantitative estimate of drug-likeness (QED) is 0.771. The van der Waals surface area contributed by atoms with E-state index < -0.39 is 0 Å². The minimum Gasteiger partial charge on any atom is -0.338 e. The number of anilines is 1. The first kappa shape index (κ1) is 18.7. The number of aromatic amines is 1. The summed E-state index contributed by atoms with van der Waals surface area (Å²) in [4.78, 5) is 41.2. The standard InChI is InChI=1S/C18H17BrClN3O3/c19-13-8-15(17(25)21-9-13)22-16(24)12-2-1-7-23(10-12)18(26)11-3-5-14(20)6-4-11/h3-6,8-9,12H,1-2,7,10H2,(H,21,25)(H,22,24). The molecular weight excluding hydrogens is 422 g/mol. The van der Waals surface area contributed by atoms with Gasteiger partial charge in [0.15, 0.2) is 0 Å². The molecule has 1 aromatic heterocycles. The fraction of sp³-hybridized carbons (Fsp3) is 0.278. The maximum absolute atomic E-state index is 12.6. The Morgan fingerprint density at radius 1 is 1.27 bits per heavy atom. The van der Waals surface area contributed by atoms with Gasteiger partial charge in [0.2, 0.25) is 5.91 Å². The monoisotopic (exact) mass is 437 g/mol. The molecule has 0 bridgehead atoms. The van der Waals surface area contributed by atoms with Crippen molar-refractivity contribution in [3.05, 3.63) is 61.9 Å². The number of benzene rings is 1. The van der Waals surface area contributed by atoms with Crippen LogP contribution in [-0.2, 0) is 4.79 Å². The molecule has 1 saturated heterocycles. The summed E-state index contributed by atoms with van der Waals surface area (Å²) in [5, 5.41) is 3.23. The predicted molar refractivity (Wildman–Crippen MR) is 103 cm³/mol. The number of carbonyl (C=O) groups is 2. The van der Waals surface area contributed by atoms with Crippen LogP contribution < -0.4 is 10.9 Å². The van der Waals surface area contributed by atoms with Gasteiger partial charge in [-0.25, -0.2) is 0 Å². The van der Waals surface area contributed by atoms with E-state index in [9.17, 15) is 14.4 Å². The average Bonchev–Trinajstić information content (AvgIpc) is 2.65. The first-order valence-electron chi connectivity index (χ1n) is 8.18. The molecule has 26 heavy (non-hydrogen) atoms. The summed E-state index contributed by atoms with van der Waals surface area (Å²) in [6.07, 6.45) is 2.90. The molecule has 2 N–H and O–H groups in total. The molecule has 136 valence electrons. The fourth-order valence-corrected chi connectivity index (χ4v) is 3.41. The number of piperidine rings is 1. The third-order valence-corrected chi connectivity index (χ3v) is 5.01. The lowest BCUT2D eigenvalue weighted by Gasteiger charge is -2.32. The second-order valence-corrected chi connectivity index (χ2v) is 7.50. The number of carbonyl (C=O) groups excluding carboxylic acids is 2. The first-order chi connectivity index (χ1) is 12.4. The van der Waals surface area contributed by atoms with E-state index in [0.29, 0.717) is 34.6 Å². The summed E-state index contributed by atoms with van der Waals surface area (Å²) < 4.78 is 0.663. The molecule has 1 fully saturated rings. The van der Waals surface area contributed by atoms with Gasteiger partial charge < -0.3 is 15.2 Å². The Morgan fingerprint density at radius 2 is 2.00 bits per heavy atom. The summed E-state index contributed by atoms with van der Waals surface area (Å²) >= 11 is 9.12. The van der Waals surface area contributed by atoms with E-state index in [1.165, 1.54) is 6.20 Å². The van der Waals surface area contributed by atoms with Gasteiger partial charge in [0.05, 0.1) is 5.92 Å². The molecule has 0 radical (unpaired) electrons. The number of likely N-dealkylation sites (tertiary alicyclic amines) is 1. The van der Waals surface area contributed by atoms with Crippen LogP contribution in [0.25, 0.3) is 0 Å². The Kier molecular flexibility index (Phi) is 5.78. The number of halogens is 2. The zero-order valence-electron chi connectivity index (χ0n) is 13.8. The molecular formula is C18H17BrClN3O3. The van der Waals surface area contributed by atoms with Crippen molar-refractivity contribution >= 4 is 45.0 Å². The van der Waals surface area contributed by atoms with Crippen LogP contribution in [0.5, 0.6) is 0 Å². The van der Waals surface area contributed by atoms with Crippen molar-refractivity contribution < 1.29 is 9.59 Å². The molecule has 1 atom stereocenters. The van der Waals surface area contributed by atoms with E-state index in [-0.39, 0.29) is 29.0 Å². The van der Waals surface area contributed by atoms with Crippen LogP contribution in [0.4, 0.5) is 5.69 Å². The van der Waals surface area contributed by atoms with Crippen LogP contribution in [0.3, 0.4) is 0 Å². The van der Waals surface area contributed by atoms with E-state index >= 15 is 0 Å². The zero-order chi connectivity index (χ0) is 18.7. The van der Waals surface area contributed by atoms with Gasteiger partial charge in [0.25, 0.3) is 11.5 Å². The number of hydrogen-bond acceptors (Lipinski definition) is 3. The summed E-state index contributed by atoms with van der Waals surface area (Å²) in [6.45, 7) is 0.919. The summed E-state index contributed by atoms with van der Waals surface area (Å²) in [5.74, 6) is -0.750. The number of hydrogen-bond donors (Lipinski definition) is 2. The molecule has 0 spiro atoms. The molecule has 1 aliphatic rings. The van der Waals surface area contributed by atoms with Crippen LogP contribution in [0.1, 0.15) is 23.2 Å². The van der Waals surface area contributed by atoms with Crippen molar-refractivity contribution in [2.45, 2.75) is 12.8 Å². The van der Waals surface area contributed by atoms with E-state index in [0.717, 1.165) is 6.42 Å². The maximum Gasteiger partial charge on any atom is 0.271 e. The summed E-state index contributed by atoms with van der Waals surface area (Å²) in [6, 6.07) is 8.24. The molecule has 1 aliphatic heterocycles. The molecule has 8 heteroatoms. The molecule has 0 aliphatic carbocycles. The van der Waals surface area contributed by atoms with Gasteiger partial charge in [-0.05, 0) is 59.1 Å². The lowest BCUT2D eigenvalue weighted by Crippen LogP contribution is -2.44. The Hall–Kier alpha value is -2.12. The Labute approximate surface area is 163 Å². The highest BCUT2D eigenvalue weighted by Gasteiger charge is 2.29. The van der Waals surface area contributed by atoms with Crippen molar-refractivity contribution in [3.8, 4) is 0 Å². The van der Waals surface area contributed by atoms with Crippen molar-refractivity contribution in [2.75, 3.05) is 18.4 Å². The maximum atomic E-state index is 12.6. The average molecular weight is 439 g/mol. The van der Waals surface area contributed by atoms with Crippen molar-refractivity contribution in [3.63, 3.8) is 0 Å². The third kappa shape index (κ3) is 4.34. The molecule has 1 unspecified atom stereocenters. The Bertz CT molecular complexity index is 882. The van der Waals surface area contributed by atoms with Crippen LogP contribution >= 0.6 is 27.5 Å². The number of rotatable bonds is 3. The Balaban J connectivity index is 1.68. The second-order valence-electron chi connectivity index (χ2n) is 6.15. The van der Waals surface area contributed by atoms with Crippen molar-refractivity contribution in [2.24, 2.45) is 5.92 Å². The lowest BCUT2D eigenvalue weighted by atomic mass is 9.96. The van der Waals surface area contributed by atoms with Gasteiger partial charge in [0, 0.05) is 34.3 Å². The normalized spacial score (nSPS) is 17.0. The van der Waals surface area contributed by atoms with E-state index in [1.54, 1.807) is 35.2 Å². The van der Waals surface area contributed by atoms with Gasteiger partial charge >= 0.3 is 0 Å². The number of amides is 2. The fourth-order valence-electron chi connectivity index (χ4n) is 2.94. The molecule has 2 heterocycles. The molecule has 6 nitrogen and oxygen atoms in total. The minimum absolute atomic E-state index is 0.125. The summed E-state index contributed by atoms with van der Waals surface area (Å²) in [7, 11) is 0. The zero-order valence-corrected chi connectivity index (χ0v) is 16.1. The van der Waals surface area contributed by atoms with Crippen molar-refractivity contribution in [1.82, 2.24) is 9.88 Å². The van der Waals surface area contributed by atoms with Crippen LogP contribution in [0.15, 0.2) is 45.8 Å². The number of aromatic nitrogens is 1. The summed E-state index contributed by atoms with van der Waals surface area (Å²) in [5.41, 5.74) is 0.357. The lowest BCUT2D eigenvalue weighted by molar-refractivity contribution is -0.121. The van der Waals surface area contributed by atoms with Crippen LogP contribution in [0, 0.1) is 5.92 Å². The van der Waals surface area contributed by atoms with Gasteiger partial charge in [-0.3, -0.25) is 14.4 Å². The van der Waals surface area contributed by atoms with Gasteiger partial charge in [-0.2, -0.15) is 0 Å². The first-order valence-corrected chi connectivity index (χ1v) is 9.35. The smallest absolute Gasteiger partial charge is 0.271 e. The second kappa shape index (κ2) is 8.05. The van der Waals surface area contributed by atoms with Crippen molar-refractivity contribution in [1.29, 1.82) is 0 Å². The van der Waals surface area contributed by atoms with Gasteiger partial charge in [-0.15, -0.1) is 0 Å². The van der Waals surface area contributed by atoms with Gasteiger partial charge in [-0.1, -0.05) is 11.6 Å². The van der Waals surface area contributed by atoms with E-state index in [4.69, 9.17) is 11.6 Å². The van der Waals surface area contributed by atoms with E-state index in [1.807, 2.05) is 0 Å². The van der Waals surface area contributed by atoms with E-state index in [2.05, 4.69) is 26.2 Å². The molecule has 0 saturated carbocycles. The number of H-pyrrole nitrogens is 1. The highest BCUT2D eigenvalue weighted by molar-refractivity contribution is 9.10. The number of nitrogens with zero attached hydrogens (tertiary/aromatic N) is 1. The SMILES string of the molecule is O=C(Nc1cc(Br)c[nH]c1=O)C1CCCN(C(=O)c2ccc(Cl)cc2)C1. The minimum atomic E-state index is -0.369. The number of pyridine rings is 1. The Morgan fingerprint density at radius 3 is 2.73 bits per heavy atom. The van der Waals surface area contributed by atoms with Gasteiger partial charge in [0.1, 0.15) is 5.69 Å². The molecule has 1 aromatic carbocycles. The third-order valence-electron chi connectivity index (χ3n) is 4.30. The van der Waals surface area contributed by atoms with Crippen LogP contribution in [0.2, 0.25) is 5.02 Å². The topological polar surface area (TPSA) is 82.3 Å². The predicted octanol–water partition coefficient (Wildman–Crippen LogP) is 3.28.